The Balaban J connectivity index is 2.24. The number of fused-ring (bicyclic) bond motifs is 1. The van der Waals surface area contributed by atoms with Gasteiger partial charge in [0.15, 0.2) is 5.15 Å². The summed E-state index contributed by atoms with van der Waals surface area (Å²) >= 11 is 5.90. The van der Waals surface area contributed by atoms with Crippen molar-refractivity contribution in [2.75, 3.05) is 0 Å². The third-order valence-electron chi connectivity index (χ3n) is 2.43. The van der Waals surface area contributed by atoms with E-state index in [2.05, 4.69) is 15.3 Å². The van der Waals surface area contributed by atoms with E-state index in [1.54, 1.807) is 29.2 Å². The van der Waals surface area contributed by atoms with Crippen molar-refractivity contribution in [1.82, 2.24) is 20.0 Å². The Morgan fingerprint density at radius 2 is 1.88 bits per heavy atom. The van der Waals surface area contributed by atoms with Crippen LogP contribution in [-0.2, 0) is 0 Å². The molecule has 2 heterocycles. The number of aromatic nitrogens is 4. The normalized spacial score (nSPS) is 10.9. The second kappa shape index (κ2) is 3.78. The average molecular weight is 249 g/mol. The van der Waals surface area contributed by atoms with Gasteiger partial charge in [0.25, 0.3) is 0 Å². The Bertz CT molecular complexity index is 678. The highest BCUT2D eigenvalue weighted by atomic mass is 35.5. The zero-order chi connectivity index (χ0) is 11.8. The molecular formula is C11H6ClFN4. The number of hydrogen-bond acceptors (Lipinski definition) is 3. The van der Waals surface area contributed by atoms with Crippen LogP contribution in [0.1, 0.15) is 0 Å². The third-order valence-corrected chi connectivity index (χ3v) is 2.70. The molecular weight excluding hydrogens is 243 g/mol. The molecule has 0 aliphatic heterocycles. The van der Waals surface area contributed by atoms with Gasteiger partial charge >= 0.3 is 0 Å². The highest BCUT2D eigenvalue weighted by Crippen LogP contribution is 2.22. The maximum atomic E-state index is 12.8. The van der Waals surface area contributed by atoms with Crippen LogP contribution >= 0.6 is 11.6 Å². The Hall–Kier alpha value is -2.01. The van der Waals surface area contributed by atoms with E-state index in [1.807, 2.05) is 0 Å². The van der Waals surface area contributed by atoms with Crippen LogP contribution in [0, 0.1) is 5.82 Å². The third kappa shape index (κ3) is 1.64. The lowest BCUT2D eigenvalue weighted by Gasteiger charge is -2.02. The predicted molar refractivity (Wildman–Crippen MR) is 61.6 cm³/mol. The number of halogens is 2. The molecule has 0 N–H and O–H groups in total. The summed E-state index contributed by atoms with van der Waals surface area (Å²) in [5.74, 6) is -0.289. The van der Waals surface area contributed by atoms with E-state index in [-0.39, 0.29) is 5.82 Å². The van der Waals surface area contributed by atoms with Crippen LogP contribution in [0.15, 0.2) is 36.7 Å². The molecule has 3 rings (SSSR count). The number of hydrogen-bond donors (Lipinski definition) is 0. The van der Waals surface area contributed by atoms with Gasteiger partial charge < -0.3 is 0 Å². The van der Waals surface area contributed by atoms with Crippen molar-refractivity contribution in [3.8, 4) is 5.69 Å². The topological polar surface area (TPSA) is 43.6 Å². The molecule has 6 heteroatoms. The monoisotopic (exact) mass is 248 g/mol. The van der Waals surface area contributed by atoms with Crippen LogP contribution in [0.25, 0.3) is 16.6 Å². The van der Waals surface area contributed by atoms with Crippen molar-refractivity contribution in [3.63, 3.8) is 0 Å². The van der Waals surface area contributed by atoms with Crippen LogP contribution in [0.4, 0.5) is 4.39 Å². The minimum atomic E-state index is -0.289. The first-order valence-corrected chi connectivity index (χ1v) is 5.24. The first-order valence-electron chi connectivity index (χ1n) is 4.86. The van der Waals surface area contributed by atoms with Crippen molar-refractivity contribution in [1.29, 1.82) is 0 Å². The number of benzene rings is 1. The highest BCUT2D eigenvalue weighted by Gasteiger charge is 2.08. The first kappa shape index (κ1) is 10.2. The lowest BCUT2D eigenvalue weighted by molar-refractivity contribution is 0.627. The van der Waals surface area contributed by atoms with Crippen LogP contribution in [-0.4, -0.2) is 20.0 Å². The molecule has 0 radical (unpaired) electrons. The van der Waals surface area contributed by atoms with Crippen LogP contribution < -0.4 is 0 Å². The zero-order valence-corrected chi connectivity index (χ0v) is 9.26. The Kier molecular flexibility index (Phi) is 2.26. The van der Waals surface area contributed by atoms with E-state index in [1.165, 1.54) is 12.1 Å². The first-order chi connectivity index (χ1) is 8.25. The number of rotatable bonds is 1. The molecule has 0 fully saturated rings. The fourth-order valence-corrected chi connectivity index (χ4v) is 1.81. The summed E-state index contributed by atoms with van der Waals surface area (Å²) in [4.78, 5) is 0. The zero-order valence-electron chi connectivity index (χ0n) is 8.51. The molecule has 0 saturated heterocycles. The van der Waals surface area contributed by atoms with Gasteiger partial charge in [0, 0.05) is 0 Å². The molecule has 0 unspecified atom stereocenters. The molecule has 84 valence electrons. The summed E-state index contributed by atoms with van der Waals surface area (Å²) in [7, 11) is 0. The van der Waals surface area contributed by atoms with E-state index in [9.17, 15) is 4.39 Å². The average Bonchev–Trinajstić information content (AvgIpc) is 2.75. The van der Waals surface area contributed by atoms with Gasteiger partial charge in [0.2, 0.25) is 0 Å². The lowest BCUT2D eigenvalue weighted by Crippen LogP contribution is -1.96. The van der Waals surface area contributed by atoms with E-state index in [4.69, 9.17) is 11.6 Å². The van der Waals surface area contributed by atoms with Crippen molar-refractivity contribution in [2.24, 2.45) is 0 Å². The molecule has 4 nitrogen and oxygen atoms in total. The molecule has 0 saturated carbocycles. The Morgan fingerprint density at radius 3 is 2.65 bits per heavy atom. The molecule has 1 aromatic carbocycles. The van der Waals surface area contributed by atoms with E-state index in [0.717, 1.165) is 11.2 Å². The van der Waals surface area contributed by atoms with Gasteiger partial charge in [-0.25, -0.2) is 9.07 Å². The summed E-state index contributed by atoms with van der Waals surface area (Å²) in [5.41, 5.74) is 1.47. The van der Waals surface area contributed by atoms with E-state index >= 15 is 0 Å². The Labute approximate surface area is 101 Å². The maximum absolute atomic E-state index is 12.8. The SMILES string of the molecule is Fc1ccc(-n2ncc3c(Cl)nncc32)cc1. The van der Waals surface area contributed by atoms with E-state index < -0.39 is 0 Å². The molecule has 0 aliphatic rings. The van der Waals surface area contributed by atoms with Crippen LogP contribution in [0.5, 0.6) is 0 Å². The summed E-state index contributed by atoms with van der Waals surface area (Å²) in [6.45, 7) is 0. The molecule has 2 aromatic heterocycles. The van der Waals surface area contributed by atoms with Gasteiger partial charge in [0.05, 0.1) is 29.0 Å². The summed E-state index contributed by atoms with van der Waals surface area (Å²) in [6.07, 6.45) is 3.17. The van der Waals surface area contributed by atoms with Gasteiger partial charge in [-0.15, -0.1) is 5.10 Å². The van der Waals surface area contributed by atoms with Crippen molar-refractivity contribution >= 4 is 22.5 Å². The molecule has 17 heavy (non-hydrogen) atoms. The summed E-state index contributed by atoms with van der Waals surface area (Å²) in [5, 5.41) is 12.7. The summed E-state index contributed by atoms with van der Waals surface area (Å²) in [6, 6.07) is 6.02. The van der Waals surface area contributed by atoms with E-state index in [0.29, 0.717) is 10.5 Å². The van der Waals surface area contributed by atoms with Gasteiger partial charge in [-0.1, -0.05) is 11.6 Å². The van der Waals surface area contributed by atoms with Gasteiger partial charge in [0.1, 0.15) is 5.82 Å². The minimum absolute atomic E-state index is 0.289. The van der Waals surface area contributed by atoms with Crippen molar-refractivity contribution < 1.29 is 4.39 Å². The molecule has 0 bridgehead atoms. The Morgan fingerprint density at radius 1 is 1.12 bits per heavy atom. The predicted octanol–water partition coefficient (Wildman–Crippen LogP) is 2.61. The molecule has 0 atom stereocenters. The summed E-state index contributed by atoms with van der Waals surface area (Å²) < 4.78 is 14.5. The molecule has 0 spiro atoms. The fourth-order valence-electron chi connectivity index (χ4n) is 1.62. The molecule has 0 amide bonds. The number of nitrogens with zero attached hydrogens (tertiary/aromatic N) is 4. The van der Waals surface area contributed by atoms with Gasteiger partial charge in [-0.05, 0) is 24.3 Å². The van der Waals surface area contributed by atoms with Gasteiger partial charge in [-0.2, -0.15) is 10.2 Å². The van der Waals surface area contributed by atoms with Crippen LogP contribution in [0.2, 0.25) is 5.15 Å². The largest absolute Gasteiger partial charge is 0.231 e. The van der Waals surface area contributed by atoms with Crippen molar-refractivity contribution in [2.45, 2.75) is 0 Å². The quantitative estimate of drug-likeness (QED) is 0.665. The standard InChI is InChI=1S/C11H6ClFN4/c12-11-9-5-15-17(10(9)6-14-16-11)8-3-1-7(13)2-4-8/h1-6H. The smallest absolute Gasteiger partial charge is 0.162 e. The lowest BCUT2D eigenvalue weighted by atomic mass is 10.3. The second-order valence-corrected chi connectivity index (χ2v) is 3.83. The van der Waals surface area contributed by atoms with Crippen molar-refractivity contribution in [3.05, 3.63) is 47.6 Å². The highest BCUT2D eigenvalue weighted by molar-refractivity contribution is 6.33. The molecule has 3 aromatic rings. The van der Waals surface area contributed by atoms with Crippen LogP contribution in [0.3, 0.4) is 0 Å². The fraction of sp³-hybridized carbons (Fsp3) is 0. The maximum Gasteiger partial charge on any atom is 0.162 e. The second-order valence-electron chi connectivity index (χ2n) is 3.47. The minimum Gasteiger partial charge on any atom is -0.231 e. The molecule has 0 aliphatic carbocycles. The van der Waals surface area contributed by atoms with Gasteiger partial charge in [-0.3, -0.25) is 0 Å².